The van der Waals surface area contributed by atoms with Crippen molar-refractivity contribution in [3.05, 3.63) is 66.2 Å². The van der Waals surface area contributed by atoms with E-state index in [4.69, 9.17) is 0 Å². The van der Waals surface area contributed by atoms with Gasteiger partial charge in [-0.3, -0.25) is 14.5 Å². The lowest BCUT2D eigenvalue weighted by Gasteiger charge is -2.35. The molecule has 2 saturated heterocycles. The number of carbonyl (C=O) groups is 3. The third kappa shape index (κ3) is 4.13. The predicted molar refractivity (Wildman–Crippen MR) is 118 cm³/mol. The smallest absolute Gasteiger partial charge is 0.325 e. The Bertz CT molecular complexity index is 950. The lowest BCUT2D eigenvalue weighted by Crippen LogP contribution is -2.51. The van der Waals surface area contributed by atoms with Gasteiger partial charge in [-0.2, -0.15) is 0 Å². The van der Waals surface area contributed by atoms with E-state index in [1.165, 1.54) is 0 Å². The normalized spacial score (nSPS) is 23.6. The Morgan fingerprint density at radius 2 is 1.77 bits per heavy atom. The van der Waals surface area contributed by atoms with Gasteiger partial charge < -0.3 is 15.5 Å². The molecule has 7 heteroatoms. The Kier molecular flexibility index (Phi) is 5.93. The molecule has 2 heterocycles. The first-order valence-corrected chi connectivity index (χ1v) is 10.8. The molecule has 2 fully saturated rings. The van der Waals surface area contributed by atoms with Gasteiger partial charge in [0.25, 0.3) is 5.91 Å². The molecule has 0 bridgehead atoms. The molecule has 162 valence electrons. The first kappa shape index (κ1) is 20.9. The molecule has 4 amide bonds. The minimum Gasteiger partial charge on any atom is -0.369 e. The number of piperidine rings is 1. The highest BCUT2D eigenvalue weighted by atomic mass is 16.2. The van der Waals surface area contributed by atoms with Gasteiger partial charge in [0, 0.05) is 24.8 Å². The average molecular weight is 421 g/mol. The third-order valence-corrected chi connectivity index (χ3v) is 6.18. The Labute approximate surface area is 182 Å². The van der Waals surface area contributed by atoms with Gasteiger partial charge in [-0.15, -0.1) is 0 Å². The van der Waals surface area contributed by atoms with Crippen LogP contribution in [-0.2, 0) is 15.1 Å². The second-order valence-electron chi connectivity index (χ2n) is 8.13. The number of rotatable bonds is 6. The van der Waals surface area contributed by atoms with Crippen LogP contribution in [0.25, 0.3) is 0 Å². The number of carbonyl (C=O) groups excluding carboxylic acids is 3. The van der Waals surface area contributed by atoms with Crippen molar-refractivity contribution in [3.63, 3.8) is 0 Å². The lowest BCUT2D eigenvalue weighted by atomic mass is 9.87. The summed E-state index contributed by atoms with van der Waals surface area (Å²) in [6.45, 7) is 3.23. The van der Waals surface area contributed by atoms with Crippen molar-refractivity contribution < 1.29 is 14.4 Å². The quantitative estimate of drug-likeness (QED) is 0.704. The monoisotopic (exact) mass is 420 g/mol. The number of para-hydroxylation sites is 1. The van der Waals surface area contributed by atoms with Crippen molar-refractivity contribution >= 4 is 23.5 Å². The number of hydrogen-bond acceptors (Lipinski definition) is 4. The SMILES string of the molecule is CCC1(c2ccccc2)NC(=O)N(CC(=O)NC2CCCN(c3ccccc3)C2)C1=O. The lowest BCUT2D eigenvalue weighted by molar-refractivity contribution is -0.135. The molecule has 2 aliphatic rings. The van der Waals surface area contributed by atoms with E-state index >= 15 is 0 Å². The van der Waals surface area contributed by atoms with E-state index in [1.54, 1.807) is 0 Å². The summed E-state index contributed by atoms with van der Waals surface area (Å²) in [5.41, 5.74) is 0.740. The maximum atomic E-state index is 13.2. The van der Waals surface area contributed by atoms with Crippen molar-refractivity contribution in [3.8, 4) is 0 Å². The van der Waals surface area contributed by atoms with Crippen molar-refractivity contribution in [1.29, 1.82) is 0 Å². The van der Waals surface area contributed by atoms with Crippen LogP contribution < -0.4 is 15.5 Å². The van der Waals surface area contributed by atoms with Gasteiger partial charge in [-0.1, -0.05) is 55.5 Å². The maximum Gasteiger partial charge on any atom is 0.325 e. The molecule has 0 spiro atoms. The van der Waals surface area contributed by atoms with Crippen LogP contribution in [0, 0.1) is 0 Å². The van der Waals surface area contributed by atoms with Crippen LogP contribution in [0.2, 0.25) is 0 Å². The van der Waals surface area contributed by atoms with E-state index in [-0.39, 0.29) is 24.4 Å². The van der Waals surface area contributed by atoms with Crippen LogP contribution in [0.5, 0.6) is 0 Å². The number of anilines is 1. The van der Waals surface area contributed by atoms with Gasteiger partial charge in [0.2, 0.25) is 5.91 Å². The predicted octanol–water partition coefficient (Wildman–Crippen LogP) is 2.63. The zero-order valence-corrected chi connectivity index (χ0v) is 17.7. The fourth-order valence-corrected chi connectivity index (χ4v) is 4.52. The second kappa shape index (κ2) is 8.79. The fourth-order valence-electron chi connectivity index (χ4n) is 4.52. The molecule has 0 aromatic heterocycles. The minimum atomic E-state index is -1.12. The van der Waals surface area contributed by atoms with Crippen molar-refractivity contribution in [2.45, 2.75) is 37.8 Å². The summed E-state index contributed by atoms with van der Waals surface area (Å²) in [5.74, 6) is -0.695. The number of imide groups is 1. The number of hydrogen-bond donors (Lipinski definition) is 2. The highest BCUT2D eigenvalue weighted by molar-refractivity contribution is 6.09. The fraction of sp³-hybridized carbons (Fsp3) is 0.375. The highest BCUT2D eigenvalue weighted by Gasteiger charge is 2.51. The molecule has 0 radical (unpaired) electrons. The molecule has 31 heavy (non-hydrogen) atoms. The van der Waals surface area contributed by atoms with Crippen LogP contribution in [0.1, 0.15) is 31.7 Å². The molecule has 2 aromatic carbocycles. The second-order valence-corrected chi connectivity index (χ2v) is 8.13. The molecule has 0 saturated carbocycles. The molecule has 4 rings (SSSR count). The number of benzene rings is 2. The maximum absolute atomic E-state index is 13.2. The van der Waals surface area contributed by atoms with Crippen LogP contribution in [-0.4, -0.2) is 48.4 Å². The summed E-state index contributed by atoms with van der Waals surface area (Å²) in [5, 5.41) is 5.84. The third-order valence-electron chi connectivity index (χ3n) is 6.18. The Morgan fingerprint density at radius 3 is 2.45 bits per heavy atom. The average Bonchev–Trinajstić information content (AvgIpc) is 3.05. The van der Waals surface area contributed by atoms with E-state index in [2.05, 4.69) is 27.7 Å². The number of amides is 4. The highest BCUT2D eigenvalue weighted by Crippen LogP contribution is 2.32. The van der Waals surface area contributed by atoms with Crippen LogP contribution in [0.3, 0.4) is 0 Å². The largest absolute Gasteiger partial charge is 0.369 e. The molecular weight excluding hydrogens is 392 g/mol. The van der Waals surface area contributed by atoms with Crippen molar-refractivity contribution in [2.75, 3.05) is 24.5 Å². The molecule has 2 aromatic rings. The molecule has 0 aliphatic carbocycles. The molecule has 7 nitrogen and oxygen atoms in total. The topological polar surface area (TPSA) is 81.8 Å². The summed E-state index contributed by atoms with van der Waals surface area (Å²) >= 11 is 0. The van der Waals surface area contributed by atoms with E-state index in [0.717, 1.165) is 35.5 Å². The minimum absolute atomic E-state index is 0.0210. The Morgan fingerprint density at radius 1 is 1.10 bits per heavy atom. The number of urea groups is 1. The zero-order chi connectivity index (χ0) is 21.8. The van der Waals surface area contributed by atoms with Crippen LogP contribution >= 0.6 is 0 Å². The van der Waals surface area contributed by atoms with Crippen LogP contribution in [0.15, 0.2) is 60.7 Å². The standard InChI is InChI=1S/C24H28N4O3/c1-2-24(18-10-5-3-6-11-18)22(30)28(23(31)26-24)17-21(29)25-19-12-9-15-27(16-19)20-13-7-4-8-14-20/h3-8,10-11,13-14,19H,2,9,12,15-17H2,1H3,(H,25,29)(H,26,31). The first-order chi connectivity index (χ1) is 15.0. The summed E-state index contributed by atoms with van der Waals surface area (Å²) in [6, 6.07) is 18.7. The first-order valence-electron chi connectivity index (χ1n) is 10.8. The summed E-state index contributed by atoms with van der Waals surface area (Å²) in [4.78, 5) is 41.8. The van der Waals surface area contributed by atoms with E-state index in [1.807, 2.05) is 55.5 Å². The van der Waals surface area contributed by atoms with Crippen molar-refractivity contribution in [1.82, 2.24) is 15.5 Å². The van der Waals surface area contributed by atoms with Gasteiger partial charge in [-0.25, -0.2) is 4.79 Å². The summed E-state index contributed by atoms with van der Waals surface area (Å²) < 4.78 is 0. The van der Waals surface area contributed by atoms with Gasteiger partial charge in [0.05, 0.1) is 0 Å². The van der Waals surface area contributed by atoms with Crippen molar-refractivity contribution in [2.24, 2.45) is 0 Å². The Hall–Kier alpha value is -3.35. The molecule has 2 N–H and O–H groups in total. The molecular formula is C24H28N4O3. The van der Waals surface area contributed by atoms with E-state index in [9.17, 15) is 14.4 Å². The molecule has 2 aliphatic heterocycles. The molecule has 2 atom stereocenters. The zero-order valence-electron chi connectivity index (χ0n) is 17.7. The van der Waals surface area contributed by atoms with Gasteiger partial charge >= 0.3 is 6.03 Å². The number of nitrogens with zero attached hydrogens (tertiary/aromatic N) is 2. The summed E-state index contributed by atoms with van der Waals surface area (Å²) in [6.07, 6.45) is 2.25. The summed E-state index contributed by atoms with van der Waals surface area (Å²) in [7, 11) is 0. The van der Waals surface area contributed by atoms with Gasteiger partial charge in [0.15, 0.2) is 0 Å². The van der Waals surface area contributed by atoms with Crippen LogP contribution in [0.4, 0.5) is 10.5 Å². The Balaban J connectivity index is 1.40. The van der Waals surface area contributed by atoms with E-state index in [0.29, 0.717) is 13.0 Å². The van der Waals surface area contributed by atoms with Gasteiger partial charge in [-0.05, 0) is 37.0 Å². The number of nitrogens with one attached hydrogen (secondary N) is 2. The molecule has 2 unspecified atom stereocenters. The van der Waals surface area contributed by atoms with E-state index < -0.39 is 11.6 Å². The van der Waals surface area contributed by atoms with Gasteiger partial charge in [0.1, 0.15) is 12.1 Å².